The molecule has 1 aromatic carbocycles. The Morgan fingerprint density at radius 3 is 2.25 bits per heavy atom. The summed E-state index contributed by atoms with van der Waals surface area (Å²) in [6.45, 7) is 1.29. The van der Waals surface area contributed by atoms with Crippen molar-refractivity contribution in [2.24, 2.45) is 0 Å². The first-order valence-corrected chi connectivity index (χ1v) is 9.80. The van der Waals surface area contributed by atoms with Gasteiger partial charge in [-0.2, -0.15) is 13.2 Å². The van der Waals surface area contributed by atoms with Gasteiger partial charge in [-0.3, -0.25) is 4.90 Å². The minimum Gasteiger partial charge on any atom is -0.393 e. The third-order valence-electron chi connectivity index (χ3n) is 5.85. The van der Waals surface area contributed by atoms with Crippen molar-refractivity contribution in [3.63, 3.8) is 0 Å². The molecule has 2 aromatic rings. The van der Waals surface area contributed by atoms with Gasteiger partial charge < -0.3 is 5.11 Å². The van der Waals surface area contributed by atoms with Gasteiger partial charge in [0, 0.05) is 13.1 Å². The maximum absolute atomic E-state index is 13.0. The quantitative estimate of drug-likeness (QED) is 0.860. The van der Waals surface area contributed by atoms with E-state index in [0.717, 1.165) is 43.4 Å². The summed E-state index contributed by atoms with van der Waals surface area (Å²) >= 11 is 0. The maximum Gasteiger partial charge on any atom is 0.416 e. The summed E-state index contributed by atoms with van der Waals surface area (Å²) in [5.74, 6) is 0.669. The Bertz CT molecular complexity index is 778. The monoisotopic (exact) mass is 395 g/mol. The highest BCUT2D eigenvalue weighted by Gasteiger charge is 2.34. The molecule has 28 heavy (non-hydrogen) atoms. The molecule has 1 atom stereocenters. The van der Waals surface area contributed by atoms with Crippen LogP contribution in [0, 0.1) is 0 Å². The summed E-state index contributed by atoms with van der Waals surface area (Å²) in [6.07, 6.45) is 0.831. The minimum absolute atomic E-state index is 0.234. The number of benzene rings is 1. The first-order valence-electron chi connectivity index (χ1n) is 9.80. The number of tetrazole rings is 1. The third-order valence-corrected chi connectivity index (χ3v) is 5.85. The number of nitrogens with zero attached hydrogens (tertiary/aromatic N) is 5. The summed E-state index contributed by atoms with van der Waals surface area (Å²) in [4.78, 5) is 2.16. The van der Waals surface area contributed by atoms with Crippen molar-refractivity contribution in [3.05, 3.63) is 41.2 Å². The minimum atomic E-state index is -4.37. The lowest BCUT2D eigenvalue weighted by atomic mass is 9.98. The molecule has 0 bridgehead atoms. The summed E-state index contributed by atoms with van der Waals surface area (Å²) in [5, 5.41) is 22.2. The highest BCUT2D eigenvalue weighted by atomic mass is 19.4. The average molecular weight is 395 g/mol. The Morgan fingerprint density at radius 1 is 1.00 bits per heavy atom. The van der Waals surface area contributed by atoms with Gasteiger partial charge in [-0.15, -0.1) is 5.10 Å². The molecule has 1 saturated heterocycles. The zero-order valence-corrected chi connectivity index (χ0v) is 15.5. The van der Waals surface area contributed by atoms with Crippen molar-refractivity contribution in [1.82, 2.24) is 25.1 Å². The summed E-state index contributed by atoms with van der Waals surface area (Å²) in [6, 6.07) is 5.18. The molecule has 1 N–H and O–H groups in total. The standard InChI is InChI=1S/C19H24F3N5O/c20-19(21,22)14-7-5-13(6-8-14)17(26-11-9-16(28)10-12-26)18-23-24-25-27(18)15-3-1-2-4-15/h5-8,15-17,28H,1-4,9-12H2/t17-/m0/s1. The van der Waals surface area contributed by atoms with Crippen LogP contribution in [0.1, 0.15) is 67.6 Å². The van der Waals surface area contributed by atoms with E-state index < -0.39 is 11.7 Å². The Hall–Kier alpha value is -2.00. The maximum atomic E-state index is 13.0. The number of rotatable bonds is 4. The summed E-state index contributed by atoms with van der Waals surface area (Å²) in [7, 11) is 0. The van der Waals surface area contributed by atoms with Gasteiger partial charge in [0.25, 0.3) is 0 Å². The molecule has 6 nitrogen and oxygen atoms in total. The van der Waals surface area contributed by atoms with E-state index in [0.29, 0.717) is 31.8 Å². The van der Waals surface area contributed by atoms with E-state index in [4.69, 9.17) is 0 Å². The number of hydrogen-bond acceptors (Lipinski definition) is 5. The number of halogens is 3. The van der Waals surface area contributed by atoms with Crippen LogP contribution in [0.25, 0.3) is 0 Å². The van der Waals surface area contributed by atoms with Crippen LogP contribution in [0.2, 0.25) is 0 Å². The van der Waals surface area contributed by atoms with Gasteiger partial charge in [-0.1, -0.05) is 25.0 Å². The van der Waals surface area contributed by atoms with Crippen LogP contribution < -0.4 is 0 Å². The van der Waals surface area contributed by atoms with Crippen molar-refractivity contribution in [2.75, 3.05) is 13.1 Å². The molecule has 2 fully saturated rings. The fourth-order valence-corrected chi connectivity index (χ4v) is 4.31. The van der Waals surface area contributed by atoms with E-state index >= 15 is 0 Å². The summed E-state index contributed by atoms with van der Waals surface area (Å²) in [5.41, 5.74) is 0.0675. The molecule has 152 valence electrons. The van der Waals surface area contributed by atoms with Crippen LogP contribution in [-0.2, 0) is 6.18 Å². The molecule has 0 unspecified atom stereocenters. The van der Waals surface area contributed by atoms with Gasteiger partial charge in [-0.25, -0.2) is 4.68 Å². The van der Waals surface area contributed by atoms with Crippen LogP contribution in [-0.4, -0.2) is 49.4 Å². The van der Waals surface area contributed by atoms with Crippen LogP contribution in [0.3, 0.4) is 0 Å². The van der Waals surface area contributed by atoms with Crippen LogP contribution in [0.4, 0.5) is 13.2 Å². The second kappa shape index (κ2) is 7.79. The van der Waals surface area contributed by atoms with Gasteiger partial charge in [-0.05, 0) is 53.8 Å². The lowest BCUT2D eigenvalue weighted by Crippen LogP contribution is -2.40. The zero-order chi connectivity index (χ0) is 19.7. The zero-order valence-electron chi connectivity index (χ0n) is 15.5. The molecule has 1 saturated carbocycles. The van der Waals surface area contributed by atoms with Crippen molar-refractivity contribution < 1.29 is 18.3 Å². The van der Waals surface area contributed by atoms with E-state index in [2.05, 4.69) is 20.4 Å². The highest BCUT2D eigenvalue weighted by Crippen LogP contribution is 2.36. The Kier molecular flexibility index (Phi) is 5.37. The van der Waals surface area contributed by atoms with Crippen molar-refractivity contribution >= 4 is 0 Å². The van der Waals surface area contributed by atoms with Crippen LogP contribution in [0.15, 0.2) is 24.3 Å². The fourth-order valence-electron chi connectivity index (χ4n) is 4.31. The Labute approximate surface area is 161 Å². The van der Waals surface area contributed by atoms with Gasteiger partial charge in [0.15, 0.2) is 5.82 Å². The molecule has 0 radical (unpaired) electrons. The third kappa shape index (κ3) is 3.91. The lowest BCUT2D eigenvalue weighted by molar-refractivity contribution is -0.137. The fraction of sp³-hybridized carbons (Fsp3) is 0.632. The highest BCUT2D eigenvalue weighted by molar-refractivity contribution is 5.30. The number of aromatic nitrogens is 4. The molecule has 0 amide bonds. The Balaban J connectivity index is 1.70. The van der Waals surface area contributed by atoms with E-state index in [9.17, 15) is 18.3 Å². The molecule has 2 aliphatic rings. The second-order valence-corrected chi connectivity index (χ2v) is 7.71. The molecular formula is C19H24F3N5O. The second-order valence-electron chi connectivity index (χ2n) is 7.71. The number of alkyl halides is 3. The van der Waals surface area contributed by atoms with Crippen molar-refractivity contribution in [2.45, 2.75) is 62.9 Å². The van der Waals surface area contributed by atoms with Gasteiger partial charge in [0.05, 0.1) is 23.8 Å². The van der Waals surface area contributed by atoms with E-state index in [-0.39, 0.29) is 18.2 Å². The number of aliphatic hydroxyl groups is 1. The van der Waals surface area contributed by atoms with Crippen molar-refractivity contribution in [3.8, 4) is 0 Å². The van der Waals surface area contributed by atoms with E-state index in [1.807, 2.05) is 4.68 Å². The molecular weight excluding hydrogens is 371 g/mol. The van der Waals surface area contributed by atoms with Crippen molar-refractivity contribution in [1.29, 1.82) is 0 Å². The van der Waals surface area contributed by atoms with Gasteiger partial charge >= 0.3 is 6.18 Å². The number of piperidine rings is 1. The predicted octanol–water partition coefficient (Wildman–Crippen LogP) is 3.35. The van der Waals surface area contributed by atoms with Gasteiger partial charge in [0.2, 0.25) is 0 Å². The molecule has 4 rings (SSSR count). The number of hydrogen-bond donors (Lipinski definition) is 1. The first-order chi connectivity index (χ1) is 13.4. The molecule has 1 aliphatic heterocycles. The van der Waals surface area contributed by atoms with Crippen LogP contribution >= 0.6 is 0 Å². The summed E-state index contributed by atoms with van der Waals surface area (Å²) < 4.78 is 40.8. The molecule has 0 spiro atoms. The topological polar surface area (TPSA) is 67.1 Å². The van der Waals surface area contributed by atoms with E-state index in [1.165, 1.54) is 12.1 Å². The van der Waals surface area contributed by atoms with Crippen LogP contribution in [0.5, 0.6) is 0 Å². The average Bonchev–Trinajstić information content (AvgIpc) is 3.35. The first kappa shape index (κ1) is 19.3. The smallest absolute Gasteiger partial charge is 0.393 e. The molecule has 1 aliphatic carbocycles. The number of likely N-dealkylation sites (tertiary alicyclic amines) is 1. The molecule has 2 heterocycles. The Morgan fingerprint density at radius 2 is 1.64 bits per heavy atom. The van der Waals surface area contributed by atoms with Gasteiger partial charge in [0.1, 0.15) is 0 Å². The molecule has 9 heteroatoms. The number of aliphatic hydroxyl groups excluding tert-OH is 1. The molecule has 1 aromatic heterocycles. The normalized spacial score (nSPS) is 21.3. The van der Waals surface area contributed by atoms with E-state index in [1.54, 1.807) is 0 Å². The largest absolute Gasteiger partial charge is 0.416 e. The lowest BCUT2D eigenvalue weighted by Gasteiger charge is -2.36. The predicted molar refractivity (Wildman–Crippen MR) is 95.4 cm³/mol. The SMILES string of the molecule is OC1CCN([C@@H](c2ccc(C(F)(F)F)cc2)c2nnnn2C2CCCC2)CC1.